The molecule has 1 saturated heterocycles. The third kappa shape index (κ3) is 9.40. The lowest BCUT2D eigenvalue weighted by Crippen LogP contribution is -2.48. The highest BCUT2D eigenvalue weighted by atomic mass is 19.4. The van der Waals surface area contributed by atoms with Crippen LogP contribution in [0.3, 0.4) is 0 Å². The number of amides is 2. The predicted molar refractivity (Wildman–Crippen MR) is 125 cm³/mol. The molecule has 0 aliphatic carbocycles. The zero-order valence-electron chi connectivity index (χ0n) is 19.5. The van der Waals surface area contributed by atoms with Crippen LogP contribution in [-0.2, 0) is 14.4 Å². The molecule has 0 atom stereocenters. The van der Waals surface area contributed by atoms with E-state index in [0.717, 1.165) is 5.69 Å². The lowest BCUT2D eigenvalue weighted by molar-refractivity contribution is -0.192. The largest absolute Gasteiger partial charge is 0.490 e. The van der Waals surface area contributed by atoms with Gasteiger partial charge in [-0.05, 0) is 42.5 Å². The summed E-state index contributed by atoms with van der Waals surface area (Å²) in [5, 5.41) is 21.8. The van der Waals surface area contributed by atoms with Crippen LogP contribution in [0.1, 0.15) is 17.3 Å². The molecule has 1 aliphatic heterocycles. The number of hydrogen-bond donors (Lipinski definition) is 4. The van der Waals surface area contributed by atoms with Crippen LogP contribution in [0.2, 0.25) is 0 Å². The van der Waals surface area contributed by atoms with Gasteiger partial charge < -0.3 is 25.7 Å². The van der Waals surface area contributed by atoms with Crippen LogP contribution in [0.25, 0.3) is 0 Å². The summed E-state index contributed by atoms with van der Waals surface area (Å²) in [4.78, 5) is 47.9. The first kappa shape index (κ1) is 29.0. The molecule has 0 saturated carbocycles. The first-order valence-corrected chi connectivity index (χ1v) is 10.7. The number of aliphatic carboxylic acids is 1. The molecule has 0 unspecified atom stereocenters. The van der Waals surface area contributed by atoms with Crippen LogP contribution in [0, 0.1) is 5.82 Å². The molecule has 0 bridgehead atoms. The number of benzene rings is 2. The van der Waals surface area contributed by atoms with Crippen LogP contribution in [0.4, 0.5) is 34.6 Å². The van der Waals surface area contributed by atoms with Crippen molar-refractivity contribution in [2.24, 2.45) is 0 Å². The Morgan fingerprint density at radius 2 is 1.49 bits per heavy atom. The van der Waals surface area contributed by atoms with E-state index < -0.39 is 18.1 Å². The van der Waals surface area contributed by atoms with Gasteiger partial charge in [-0.1, -0.05) is 0 Å². The number of nitrogens with zero attached hydrogens (tertiary/aromatic N) is 2. The van der Waals surface area contributed by atoms with Crippen LogP contribution >= 0.6 is 0 Å². The fourth-order valence-electron chi connectivity index (χ4n) is 3.32. The first-order valence-electron chi connectivity index (χ1n) is 10.7. The average Bonchev–Trinajstić information content (AvgIpc) is 2.80. The summed E-state index contributed by atoms with van der Waals surface area (Å²) >= 11 is 0. The molecule has 10 nitrogen and oxygen atoms in total. The number of anilines is 3. The van der Waals surface area contributed by atoms with Crippen LogP contribution < -0.4 is 15.5 Å². The van der Waals surface area contributed by atoms with Gasteiger partial charge in [0.05, 0.1) is 23.5 Å². The van der Waals surface area contributed by atoms with E-state index in [1.165, 1.54) is 43.3 Å². The second-order valence-corrected chi connectivity index (χ2v) is 7.84. The molecule has 1 fully saturated rings. The van der Waals surface area contributed by atoms with E-state index in [-0.39, 0.29) is 29.7 Å². The monoisotopic (exact) mass is 528 g/mol. The summed E-state index contributed by atoms with van der Waals surface area (Å²) in [5.74, 6) is -4.65. The molecule has 200 valence electrons. The number of carbonyl (C=O) groups is 4. The summed E-state index contributed by atoms with van der Waals surface area (Å²) in [6, 6.07) is 10.2. The molecule has 2 aromatic rings. The summed E-state index contributed by atoms with van der Waals surface area (Å²) in [7, 11) is 0. The van der Waals surface area contributed by atoms with Gasteiger partial charge >= 0.3 is 18.1 Å². The predicted octanol–water partition coefficient (Wildman–Crippen LogP) is 2.88. The molecule has 2 amide bonds. The molecule has 14 heteroatoms. The second-order valence-electron chi connectivity index (χ2n) is 7.84. The summed E-state index contributed by atoms with van der Waals surface area (Å²) in [6.45, 7) is 4.05. The maximum absolute atomic E-state index is 13.0. The molecule has 2 aromatic carbocycles. The summed E-state index contributed by atoms with van der Waals surface area (Å²) in [5.41, 5.74) is 1.83. The molecular formula is C23H24F4N4O6. The van der Waals surface area contributed by atoms with E-state index in [0.29, 0.717) is 37.6 Å². The van der Waals surface area contributed by atoms with Gasteiger partial charge in [0.15, 0.2) is 0 Å². The molecule has 3 rings (SSSR count). The SMILES string of the molecule is CC(=O)Nc1cc(C(=O)O)ccc1N1CCN(CC(=O)Nc2ccc(F)cc2)CC1.O=C(O)C(F)(F)F. The molecular weight excluding hydrogens is 504 g/mol. The Morgan fingerprint density at radius 1 is 0.919 bits per heavy atom. The molecule has 1 aliphatic rings. The van der Waals surface area contributed by atoms with Crippen molar-refractivity contribution in [2.75, 3.05) is 48.3 Å². The van der Waals surface area contributed by atoms with Crippen molar-refractivity contribution >= 4 is 40.8 Å². The van der Waals surface area contributed by atoms with Crippen molar-refractivity contribution in [3.05, 3.63) is 53.8 Å². The van der Waals surface area contributed by atoms with Gasteiger partial charge in [-0.2, -0.15) is 13.2 Å². The standard InChI is InChI=1S/C21H23FN4O4.C2HF3O2/c1-14(27)23-18-12-15(21(29)30)2-7-19(18)26-10-8-25(9-11-26)13-20(28)24-17-5-3-16(22)4-6-17;3-2(4,5)1(6)7/h2-7,12H,8-11,13H2,1H3,(H,23,27)(H,24,28)(H,29,30);(H,6,7). The Hall–Kier alpha value is -4.20. The highest BCUT2D eigenvalue weighted by Gasteiger charge is 2.38. The van der Waals surface area contributed by atoms with E-state index in [4.69, 9.17) is 9.90 Å². The number of halogens is 4. The molecule has 0 radical (unpaired) electrons. The molecule has 37 heavy (non-hydrogen) atoms. The number of carboxylic acids is 2. The van der Waals surface area contributed by atoms with Gasteiger partial charge in [0.1, 0.15) is 5.82 Å². The Kier molecular flexibility index (Phi) is 9.94. The fraction of sp³-hybridized carbons (Fsp3) is 0.304. The maximum atomic E-state index is 13.0. The fourth-order valence-corrected chi connectivity index (χ4v) is 3.32. The van der Waals surface area contributed by atoms with Gasteiger partial charge in [0.25, 0.3) is 0 Å². The zero-order valence-corrected chi connectivity index (χ0v) is 19.5. The average molecular weight is 528 g/mol. The number of piperazine rings is 1. The van der Waals surface area contributed by atoms with Crippen LogP contribution in [0.15, 0.2) is 42.5 Å². The number of aromatic carboxylic acids is 1. The first-order chi connectivity index (χ1) is 17.3. The second kappa shape index (κ2) is 12.7. The topological polar surface area (TPSA) is 139 Å². The van der Waals surface area contributed by atoms with Crippen molar-refractivity contribution in [1.82, 2.24) is 4.90 Å². The van der Waals surface area contributed by atoms with Crippen molar-refractivity contribution in [2.45, 2.75) is 13.1 Å². The Labute approximate surface area is 208 Å². The summed E-state index contributed by atoms with van der Waals surface area (Å²) in [6.07, 6.45) is -5.08. The number of hydrogen-bond acceptors (Lipinski definition) is 6. The number of alkyl halides is 3. The molecule has 0 aromatic heterocycles. The van der Waals surface area contributed by atoms with Crippen molar-refractivity contribution in [3.8, 4) is 0 Å². The lowest BCUT2D eigenvalue weighted by atomic mass is 10.1. The highest BCUT2D eigenvalue weighted by Crippen LogP contribution is 2.28. The quantitative estimate of drug-likeness (QED) is 0.420. The third-order valence-electron chi connectivity index (χ3n) is 5.00. The van der Waals surface area contributed by atoms with Crippen molar-refractivity contribution in [3.63, 3.8) is 0 Å². The Balaban J connectivity index is 0.000000604. The van der Waals surface area contributed by atoms with Gasteiger partial charge in [-0.15, -0.1) is 0 Å². The van der Waals surface area contributed by atoms with Gasteiger partial charge in [0.2, 0.25) is 11.8 Å². The smallest absolute Gasteiger partial charge is 0.478 e. The van der Waals surface area contributed by atoms with E-state index in [1.54, 1.807) is 6.07 Å². The van der Waals surface area contributed by atoms with Gasteiger partial charge in [-0.25, -0.2) is 14.0 Å². The van der Waals surface area contributed by atoms with Crippen molar-refractivity contribution < 1.29 is 47.0 Å². The Morgan fingerprint density at radius 3 is 1.97 bits per heavy atom. The minimum Gasteiger partial charge on any atom is -0.478 e. The minimum atomic E-state index is -5.08. The summed E-state index contributed by atoms with van der Waals surface area (Å²) < 4.78 is 44.7. The van der Waals surface area contributed by atoms with E-state index >= 15 is 0 Å². The lowest BCUT2D eigenvalue weighted by Gasteiger charge is -2.36. The number of rotatable bonds is 6. The maximum Gasteiger partial charge on any atom is 0.490 e. The van der Waals surface area contributed by atoms with Gasteiger partial charge in [-0.3, -0.25) is 14.5 Å². The zero-order chi connectivity index (χ0) is 27.8. The van der Waals surface area contributed by atoms with Crippen LogP contribution in [-0.4, -0.2) is 77.8 Å². The number of carboxylic acid groups (broad SMARTS) is 2. The minimum absolute atomic E-state index is 0.0959. The number of carbonyl (C=O) groups excluding carboxylic acids is 2. The van der Waals surface area contributed by atoms with E-state index in [2.05, 4.69) is 10.6 Å². The van der Waals surface area contributed by atoms with E-state index in [1.807, 2.05) is 9.80 Å². The van der Waals surface area contributed by atoms with E-state index in [9.17, 15) is 37.1 Å². The number of nitrogens with one attached hydrogen (secondary N) is 2. The van der Waals surface area contributed by atoms with Crippen LogP contribution in [0.5, 0.6) is 0 Å². The Bertz CT molecular complexity index is 1130. The van der Waals surface area contributed by atoms with Gasteiger partial charge in [0, 0.05) is 38.8 Å². The molecule has 0 spiro atoms. The molecule has 1 heterocycles. The normalized spacial score (nSPS) is 13.7. The third-order valence-corrected chi connectivity index (χ3v) is 5.00. The highest BCUT2D eigenvalue weighted by molar-refractivity contribution is 5.97. The van der Waals surface area contributed by atoms with Crippen molar-refractivity contribution in [1.29, 1.82) is 0 Å². The molecule has 4 N–H and O–H groups in total.